The van der Waals surface area contributed by atoms with Crippen molar-refractivity contribution >= 4 is 22.6 Å². The second-order valence-electron chi connectivity index (χ2n) is 9.71. The summed E-state index contributed by atoms with van der Waals surface area (Å²) in [6.45, 7) is 2.30. The minimum absolute atomic E-state index is 0.132. The number of aliphatic hydroxyl groups excluding tert-OH is 1. The van der Waals surface area contributed by atoms with Crippen LogP contribution in [0.2, 0.25) is 0 Å². The van der Waals surface area contributed by atoms with Crippen molar-refractivity contribution in [2.75, 3.05) is 0 Å². The summed E-state index contributed by atoms with van der Waals surface area (Å²) in [5.74, 6) is 0. The Hall–Kier alpha value is 0.690. The Bertz CT molecular complexity index is 292. The fourth-order valence-corrected chi connectivity index (χ4v) is 4.89. The molecular formula is C28H57IO. The molecule has 0 saturated carbocycles. The van der Waals surface area contributed by atoms with Crippen LogP contribution in [0.5, 0.6) is 0 Å². The lowest BCUT2D eigenvalue weighted by Crippen LogP contribution is -1.93. The SMILES string of the molecule is CCCCCCCCCCCCCCCCCCCCCCCCCCCC(O)I. The lowest BCUT2D eigenvalue weighted by atomic mass is 10.0. The molecule has 0 aromatic carbocycles. The van der Waals surface area contributed by atoms with Gasteiger partial charge < -0.3 is 5.11 Å². The summed E-state index contributed by atoms with van der Waals surface area (Å²) in [6.07, 6.45) is 37.0. The highest BCUT2D eigenvalue weighted by atomic mass is 127. The van der Waals surface area contributed by atoms with Crippen molar-refractivity contribution in [2.24, 2.45) is 0 Å². The van der Waals surface area contributed by atoms with E-state index in [4.69, 9.17) is 0 Å². The lowest BCUT2D eigenvalue weighted by molar-refractivity contribution is 0.263. The quantitative estimate of drug-likeness (QED) is 0.0662. The van der Waals surface area contributed by atoms with Gasteiger partial charge in [0.25, 0.3) is 0 Å². The van der Waals surface area contributed by atoms with Gasteiger partial charge in [-0.15, -0.1) is 0 Å². The molecule has 30 heavy (non-hydrogen) atoms. The van der Waals surface area contributed by atoms with Crippen molar-refractivity contribution in [1.29, 1.82) is 0 Å². The van der Waals surface area contributed by atoms with Gasteiger partial charge in [-0.05, 0) is 6.42 Å². The summed E-state index contributed by atoms with van der Waals surface area (Å²) < 4.78 is -0.132. The van der Waals surface area contributed by atoms with Crippen molar-refractivity contribution in [3.63, 3.8) is 0 Å². The van der Waals surface area contributed by atoms with Crippen LogP contribution in [0.1, 0.15) is 174 Å². The zero-order valence-electron chi connectivity index (χ0n) is 20.8. The summed E-state index contributed by atoms with van der Waals surface area (Å²) >= 11 is 2.11. The second-order valence-corrected chi connectivity index (χ2v) is 11.1. The molecule has 1 N–H and O–H groups in total. The molecule has 1 nitrogen and oxygen atoms in total. The maximum absolute atomic E-state index is 9.22. The van der Waals surface area contributed by atoms with Gasteiger partial charge in [-0.25, -0.2) is 0 Å². The molecule has 0 spiro atoms. The molecule has 0 aromatic heterocycles. The Morgan fingerprint density at radius 2 is 0.600 bits per heavy atom. The van der Waals surface area contributed by atoms with Gasteiger partial charge >= 0.3 is 0 Å². The highest BCUT2D eigenvalue weighted by Crippen LogP contribution is 2.16. The third-order valence-corrected chi connectivity index (χ3v) is 7.17. The van der Waals surface area contributed by atoms with Crippen LogP contribution in [0.3, 0.4) is 0 Å². The van der Waals surface area contributed by atoms with Crippen molar-refractivity contribution in [3.05, 3.63) is 0 Å². The predicted octanol–water partition coefficient (Wildman–Crippen LogP) is 10.9. The molecule has 0 saturated heterocycles. The number of alkyl halides is 1. The largest absolute Gasteiger partial charge is 0.383 e. The third kappa shape index (κ3) is 28.7. The minimum atomic E-state index is -0.132. The summed E-state index contributed by atoms with van der Waals surface area (Å²) in [5, 5.41) is 9.22. The van der Waals surface area contributed by atoms with E-state index in [9.17, 15) is 5.11 Å². The van der Waals surface area contributed by atoms with E-state index < -0.39 is 0 Å². The average molecular weight is 537 g/mol. The number of hydrogen-bond acceptors (Lipinski definition) is 1. The van der Waals surface area contributed by atoms with Crippen LogP contribution in [0.15, 0.2) is 0 Å². The zero-order chi connectivity index (χ0) is 22.0. The molecule has 2 heteroatoms. The van der Waals surface area contributed by atoms with E-state index >= 15 is 0 Å². The monoisotopic (exact) mass is 536 g/mol. The van der Waals surface area contributed by atoms with E-state index in [-0.39, 0.29) is 4.11 Å². The van der Waals surface area contributed by atoms with Crippen molar-refractivity contribution in [1.82, 2.24) is 0 Å². The molecular weight excluding hydrogens is 479 g/mol. The third-order valence-electron chi connectivity index (χ3n) is 6.55. The fourth-order valence-electron chi connectivity index (χ4n) is 4.45. The fraction of sp³-hybridized carbons (Fsp3) is 1.00. The Kier molecular flexibility index (Phi) is 28.4. The molecule has 0 fully saturated rings. The van der Waals surface area contributed by atoms with Crippen LogP contribution in [0, 0.1) is 0 Å². The highest BCUT2D eigenvalue weighted by molar-refractivity contribution is 14.1. The van der Waals surface area contributed by atoms with Crippen LogP contribution in [-0.2, 0) is 0 Å². The first-order valence-corrected chi connectivity index (χ1v) is 15.3. The van der Waals surface area contributed by atoms with Gasteiger partial charge in [0.2, 0.25) is 0 Å². The summed E-state index contributed by atoms with van der Waals surface area (Å²) in [7, 11) is 0. The van der Waals surface area contributed by atoms with Gasteiger partial charge in [-0.1, -0.05) is 190 Å². The van der Waals surface area contributed by atoms with Crippen LogP contribution in [0.25, 0.3) is 0 Å². The Balaban J connectivity index is 2.99. The standard InChI is InChI=1S/C28H57IO/c1-2-3-4-5-6-7-8-9-10-11-12-13-14-15-16-17-18-19-20-21-22-23-24-25-26-27-28(29)30/h28,30H,2-27H2,1H3. The molecule has 0 amide bonds. The number of halogens is 1. The summed E-state index contributed by atoms with van der Waals surface area (Å²) in [5.41, 5.74) is 0. The van der Waals surface area contributed by atoms with Gasteiger partial charge in [0.15, 0.2) is 0 Å². The van der Waals surface area contributed by atoms with Gasteiger partial charge in [-0.2, -0.15) is 0 Å². The Morgan fingerprint density at radius 1 is 0.400 bits per heavy atom. The molecule has 0 heterocycles. The number of hydrogen-bond donors (Lipinski definition) is 1. The predicted molar refractivity (Wildman–Crippen MR) is 146 cm³/mol. The van der Waals surface area contributed by atoms with E-state index in [1.54, 1.807) is 0 Å². The molecule has 0 radical (unpaired) electrons. The minimum Gasteiger partial charge on any atom is -0.383 e. The van der Waals surface area contributed by atoms with Crippen LogP contribution in [-0.4, -0.2) is 9.22 Å². The van der Waals surface area contributed by atoms with Gasteiger partial charge in [-0.3, -0.25) is 0 Å². The van der Waals surface area contributed by atoms with Crippen molar-refractivity contribution < 1.29 is 5.11 Å². The molecule has 0 aromatic rings. The smallest absolute Gasteiger partial charge is 0.105 e. The topological polar surface area (TPSA) is 20.2 Å². The van der Waals surface area contributed by atoms with Crippen LogP contribution < -0.4 is 0 Å². The van der Waals surface area contributed by atoms with Crippen LogP contribution in [0.4, 0.5) is 0 Å². The maximum Gasteiger partial charge on any atom is 0.105 e. The highest BCUT2D eigenvalue weighted by Gasteiger charge is 1.98. The Morgan fingerprint density at radius 3 is 0.800 bits per heavy atom. The van der Waals surface area contributed by atoms with Crippen molar-refractivity contribution in [3.8, 4) is 0 Å². The zero-order valence-corrected chi connectivity index (χ0v) is 22.9. The molecule has 0 aliphatic rings. The van der Waals surface area contributed by atoms with Gasteiger partial charge in [0.1, 0.15) is 4.11 Å². The molecule has 182 valence electrons. The molecule has 0 bridgehead atoms. The average Bonchev–Trinajstić information content (AvgIpc) is 2.73. The number of rotatable bonds is 26. The van der Waals surface area contributed by atoms with Gasteiger partial charge in [0, 0.05) is 0 Å². The molecule has 1 atom stereocenters. The van der Waals surface area contributed by atoms with Crippen molar-refractivity contribution in [2.45, 2.75) is 178 Å². The van der Waals surface area contributed by atoms with Gasteiger partial charge in [0.05, 0.1) is 0 Å². The van der Waals surface area contributed by atoms with E-state index in [1.807, 2.05) is 0 Å². The number of aliphatic hydroxyl groups is 1. The van der Waals surface area contributed by atoms with E-state index in [0.29, 0.717) is 0 Å². The Labute approximate surface area is 205 Å². The van der Waals surface area contributed by atoms with E-state index in [0.717, 1.165) is 6.42 Å². The van der Waals surface area contributed by atoms with E-state index in [2.05, 4.69) is 29.5 Å². The second kappa shape index (κ2) is 27.7. The lowest BCUT2D eigenvalue weighted by Gasteiger charge is -2.04. The first-order chi connectivity index (χ1) is 14.8. The molecule has 1 unspecified atom stereocenters. The first-order valence-electron chi connectivity index (χ1n) is 14.1. The normalized spacial score (nSPS) is 12.5. The van der Waals surface area contributed by atoms with Crippen LogP contribution >= 0.6 is 22.6 Å². The molecule has 0 aliphatic carbocycles. The number of unbranched alkanes of at least 4 members (excludes halogenated alkanes) is 24. The first kappa shape index (κ1) is 30.7. The van der Waals surface area contributed by atoms with E-state index in [1.165, 1.54) is 161 Å². The summed E-state index contributed by atoms with van der Waals surface area (Å²) in [4.78, 5) is 0. The summed E-state index contributed by atoms with van der Waals surface area (Å²) in [6, 6.07) is 0. The molecule has 0 aliphatic heterocycles. The molecule has 0 rings (SSSR count). The maximum atomic E-state index is 9.22.